The van der Waals surface area contributed by atoms with Gasteiger partial charge in [0.25, 0.3) is 0 Å². The molecule has 0 unspecified atom stereocenters. The number of rotatable bonds is 4. The summed E-state index contributed by atoms with van der Waals surface area (Å²) in [7, 11) is 0. The van der Waals surface area contributed by atoms with Gasteiger partial charge >= 0.3 is 0 Å². The van der Waals surface area contributed by atoms with Gasteiger partial charge in [0.2, 0.25) is 0 Å². The molecule has 104 valence electrons. The highest BCUT2D eigenvalue weighted by Gasteiger charge is 2.15. The molecule has 0 saturated heterocycles. The summed E-state index contributed by atoms with van der Waals surface area (Å²) in [5.41, 5.74) is 5.99. The van der Waals surface area contributed by atoms with Gasteiger partial charge in [-0.2, -0.15) is 0 Å². The van der Waals surface area contributed by atoms with Gasteiger partial charge in [-0.05, 0) is 30.5 Å². The SMILES string of the molecule is CSc1ccccc1Nc1ccc(C(N)=S)c(F)c1F. The lowest BCUT2D eigenvalue weighted by Crippen LogP contribution is -2.13. The lowest BCUT2D eigenvalue weighted by Gasteiger charge is -2.12. The first-order valence-electron chi connectivity index (χ1n) is 5.72. The van der Waals surface area contributed by atoms with Crippen molar-refractivity contribution in [3.63, 3.8) is 0 Å². The third-order valence-corrected chi connectivity index (χ3v) is 3.74. The Morgan fingerprint density at radius 2 is 1.80 bits per heavy atom. The minimum atomic E-state index is -1.04. The van der Waals surface area contributed by atoms with Crippen molar-refractivity contribution in [2.45, 2.75) is 4.90 Å². The molecular formula is C14H12F2N2S2. The van der Waals surface area contributed by atoms with E-state index < -0.39 is 11.6 Å². The number of thiocarbonyl (C=S) groups is 1. The second-order valence-electron chi connectivity index (χ2n) is 3.98. The molecular weight excluding hydrogens is 298 g/mol. The highest BCUT2D eigenvalue weighted by molar-refractivity contribution is 7.98. The van der Waals surface area contributed by atoms with E-state index in [0.717, 1.165) is 4.90 Å². The van der Waals surface area contributed by atoms with E-state index in [4.69, 9.17) is 5.73 Å². The van der Waals surface area contributed by atoms with E-state index in [0.29, 0.717) is 5.69 Å². The lowest BCUT2D eigenvalue weighted by atomic mass is 10.1. The number of benzene rings is 2. The fourth-order valence-corrected chi connectivity index (χ4v) is 2.44. The molecule has 0 heterocycles. The molecule has 2 nitrogen and oxygen atoms in total. The topological polar surface area (TPSA) is 38.0 Å². The molecule has 0 spiro atoms. The zero-order chi connectivity index (χ0) is 14.7. The zero-order valence-electron chi connectivity index (χ0n) is 10.6. The third-order valence-electron chi connectivity index (χ3n) is 2.72. The molecule has 0 radical (unpaired) electrons. The molecule has 0 bridgehead atoms. The monoisotopic (exact) mass is 310 g/mol. The summed E-state index contributed by atoms with van der Waals surface area (Å²) < 4.78 is 27.8. The van der Waals surface area contributed by atoms with Gasteiger partial charge in [-0.25, -0.2) is 8.78 Å². The van der Waals surface area contributed by atoms with Gasteiger partial charge in [-0.15, -0.1) is 11.8 Å². The zero-order valence-corrected chi connectivity index (χ0v) is 12.2. The van der Waals surface area contributed by atoms with Crippen molar-refractivity contribution in [2.24, 2.45) is 5.73 Å². The minimum absolute atomic E-state index is 0.0454. The summed E-state index contributed by atoms with van der Waals surface area (Å²) >= 11 is 6.18. The van der Waals surface area contributed by atoms with Crippen LogP contribution in [-0.2, 0) is 0 Å². The van der Waals surface area contributed by atoms with Gasteiger partial charge in [-0.1, -0.05) is 24.4 Å². The Balaban J connectivity index is 2.40. The van der Waals surface area contributed by atoms with Crippen LogP contribution in [0.4, 0.5) is 20.2 Å². The van der Waals surface area contributed by atoms with Gasteiger partial charge in [0.1, 0.15) is 4.99 Å². The summed E-state index contributed by atoms with van der Waals surface area (Å²) in [4.78, 5) is 0.767. The number of thioether (sulfide) groups is 1. The largest absolute Gasteiger partial charge is 0.389 e. The molecule has 2 rings (SSSR count). The van der Waals surface area contributed by atoms with E-state index >= 15 is 0 Å². The number of halogens is 2. The van der Waals surface area contributed by atoms with Crippen LogP contribution in [0.15, 0.2) is 41.3 Å². The van der Waals surface area contributed by atoms with Gasteiger partial charge in [0.15, 0.2) is 11.6 Å². The van der Waals surface area contributed by atoms with E-state index in [9.17, 15) is 8.78 Å². The van der Waals surface area contributed by atoms with Crippen molar-refractivity contribution in [3.8, 4) is 0 Å². The van der Waals surface area contributed by atoms with Crippen LogP contribution in [0.2, 0.25) is 0 Å². The second kappa shape index (κ2) is 6.19. The molecule has 2 aromatic carbocycles. The van der Waals surface area contributed by atoms with Crippen molar-refractivity contribution in [3.05, 3.63) is 53.6 Å². The molecule has 0 atom stereocenters. The van der Waals surface area contributed by atoms with E-state index in [1.165, 1.54) is 23.9 Å². The molecule has 0 aliphatic rings. The van der Waals surface area contributed by atoms with Crippen LogP contribution in [-0.4, -0.2) is 11.2 Å². The maximum absolute atomic E-state index is 14.0. The van der Waals surface area contributed by atoms with Gasteiger partial charge in [-0.3, -0.25) is 0 Å². The highest BCUT2D eigenvalue weighted by atomic mass is 32.2. The number of para-hydroxylation sites is 1. The van der Waals surface area contributed by atoms with E-state index in [1.807, 2.05) is 24.5 Å². The normalized spacial score (nSPS) is 10.3. The van der Waals surface area contributed by atoms with Crippen LogP contribution in [0, 0.1) is 11.6 Å². The predicted octanol–water partition coefficient (Wildman–Crippen LogP) is 4.06. The van der Waals surface area contributed by atoms with Gasteiger partial charge in [0.05, 0.1) is 11.4 Å². The summed E-state index contributed by atoms with van der Waals surface area (Å²) in [6.45, 7) is 0. The van der Waals surface area contributed by atoms with Crippen LogP contribution in [0.3, 0.4) is 0 Å². The lowest BCUT2D eigenvalue weighted by molar-refractivity contribution is 0.510. The first kappa shape index (κ1) is 14.7. The van der Waals surface area contributed by atoms with Crippen LogP contribution in [0.25, 0.3) is 0 Å². The fraction of sp³-hybridized carbons (Fsp3) is 0.0714. The van der Waals surface area contributed by atoms with E-state index in [1.54, 1.807) is 6.07 Å². The Labute approximate surface area is 125 Å². The highest BCUT2D eigenvalue weighted by Crippen LogP contribution is 2.30. The van der Waals surface area contributed by atoms with Crippen LogP contribution >= 0.6 is 24.0 Å². The molecule has 6 heteroatoms. The molecule has 0 saturated carbocycles. The summed E-state index contributed by atoms with van der Waals surface area (Å²) in [6.07, 6.45) is 1.91. The molecule has 0 aliphatic heterocycles. The summed E-state index contributed by atoms with van der Waals surface area (Å²) in [5, 5.41) is 2.88. The van der Waals surface area contributed by atoms with Crippen LogP contribution in [0.5, 0.6) is 0 Å². The molecule has 3 N–H and O–H groups in total. The maximum atomic E-state index is 14.0. The van der Waals surface area contributed by atoms with Crippen molar-refractivity contribution in [2.75, 3.05) is 11.6 Å². The quantitative estimate of drug-likeness (QED) is 0.659. The number of nitrogens with two attached hydrogens (primary N) is 1. The molecule has 0 fully saturated rings. The first-order chi connectivity index (χ1) is 9.54. The Hall–Kier alpha value is -1.66. The van der Waals surface area contributed by atoms with Crippen molar-refractivity contribution in [1.82, 2.24) is 0 Å². The minimum Gasteiger partial charge on any atom is -0.389 e. The number of anilines is 2. The molecule has 0 aliphatic carbocycles. The molecule has 20 heavy (non-hydrogen) atoms. The Kier molecular flexibility index (Phi) is 4.57. The standard InChI is InChI=1S/C14H12F2N2S2/c1-20-11-5-3-2-4-9(11)18-10-7-6-8(14(17)19)12(15)13(10)16/h2-7,18H,1H3,(H2,17,19). The van der Waals surface area contributed by atoms with E-state index in [-0.39, 0.29) is 16.2 Å². The second-order valence-corrected chi connectivity index (χ2v) is 5.27. The molecule has 0 aromatic heterocycles. The third kappa shape index (κ3) is 2.91. The van der Waals surface area contributed by atoms with Crippen LogP contribution < -0.4 is 11.1 Å². The van der Waals surface area contributed by atoms with Crippen molar-refractivity contribution < 1.29 is 8.78 Å². The van der Waals surface area contributed by atoms with Crippen molar-refractivity contribution >= 4 is 40.3 Å². The van der Waals surface area contributed by atoms with E-state index in [2.05, 4.69) is 17.5 Å². The molecule has 2 aromatic rings. The van der Waals surface area contributed by atoms with Crippen molar-refractivity contribution in [1.29, 1.82) is 0 Å². The summed E-state index contributed by atoms with van der Waals surface area (Å²) in [6, 6.07) is 10.2. The maximum Gasteiger partial charge on any atom is 0.182 e. The summed E-state index contributed by atoms with van der Waals surface area (Å²) in [5.74, 6) is -2.03. The number of hydrogen-bond acceptors (Lipinski definition) is 3. The Morgan fingerprint density at radius 1 is 1.10 bits per heavy atom. The number of nitrogens with one attached hydrogen (secondary N) is 1. The Morgan fingerprint density at radius 3 is 2.45 bits per heavy atom. The fourth-order valence-electron chi connectivity index (χ4n) is 1.73. The predicted molar refractivity (Wildman–Crippen MR) is 83.8 cm³/mol. The first-order valence-corrected chi connectivity index (χ1v) is 7.35. The smallest absolute Gasteiger partial charge is 0.182 e. The molecule has 0 amide bonds. The average Bonchev–Trinajstić information content (AvgIpc) is 2.44. The van der Waals surface area contributed by atoms with Crippen LogP contribution in [0.1, 0.15) is 5.56 Å². The number of hydrogen-bond donors (Lipinski definition) is 2. The van der Waals surface area contributed by atoms with Gasteiger partial charge in [0, 0.05) is 10.5 Å². The Bertz CT molecular complexity index is 660. The average molecular weight is 310 g/mol. The van der Waals surface area contributed by atoms with Gasteiger partial charge < -0.3 is 11.1 Å².